The first kappa shape index (κ1) is 22.3. The van der Waals surface area contributed by atoms with Crippen LogP contribution in [0.3, 0.4) is 0 Å². The number of carbonyl (C=O) groups excluding carboxylic acids is 1. The Morgan fingerprint density at radius 1 is 0.871 bits per heavy atom. The molecular weight excluding hydrogens is 406 g/mol. The van der Waals surface area contributed by atoms with Gasteiger partial charge in [0.25, 0.3) is 0 Å². The average Bonchev–Trinajstić information content (AvgIpc) is 2.79. The lowest BCUT2D eigenvalue weighted by Crippen LogP contribution is -2.42. The van der Waals surface area contributed by atoms with Gasteiger partial charge in [-0.2, -0.15) is 0 Å². The molecule has 1 N–H and O–H groups in total. The molecule has 1 atom stereocenters. The largest absolute Gasteiger partial charge is 0.352 e. The Morgan fingerprint density at radius 2 is 1.55 bits per heavy atom. The third-order valence-corrected chi connectivity index (χ3v) is 6.72. The quantitative estimate of drug-likeness (QED) is 0.669. The summed E-state index contributed by atoms with van der Waals surface area (Å²) in [6, 6.07) is 16.7. The van der Waals surface area contributed by atoms with Crippen LogP contribution >= 0.6 is 11.6 Å². The first-order chi connectivity index (χ1) is 15.2. The lowest BCUT2D eigenvalue weighted by atomic mass is 9.96. The van der Waals surface area contributed by atoms with Crippen LogP contribution in [-0.4, -0.2) is 41.9 Å². The van der Waals surface area contributed by atoms with Crippen LogP contribution in [0.15, 0.2) is 48.5 Å². The van der Waals surface area contributed by atoms with Gasteiger partial charge < -0.3 is 5.32 Å². The molecule has 0 bridgehead atoms. The zero-order valence-electron chi connectivity index (χ0n) is 18.4. The van der Waals surface area contributed by atoms with E-state index in [0.717, 1.165) is 44.0 Å². The van der Waals surface area contributed by atoms with Crippen LogP contribution in [0.4, 0.5) is 0 Å². The van der Waals surface area contributed by atoms with E-state index in [1.807, 2.05) is 18.2 Å². The Bertz CT molecular complexity index is 865. The van der Waals surface area contributed by atoms with Crippen molar-refractivity contribution in [2.75, 3.05) is 26.2 Å². The topological polar surface area (TPSA) is 35.6 Å². The predicted octanol–water partition coefficient (Wildman–Crippen LogP) is 4.85. The van der Waals surface area contributed by atoms with Crippen molar-refractivity contribution in [2.24, 2.45) is 5.92 Å². The summed E-state index contributed by atoms with van der Waals surface area (Å²) in [7, 11) is 0. The SMILES string of the molecule is O=C(NCc1cccc(CN2CCCCC2)c1)C1CCCN(Cc2cccc(Cl)c2)C1. The van der Waals surface area contributed by atoms with E-state index < -0.39 is 0 Å². The summed E-state index contributed by atoms with van der Waals surface area (Å²) in [5, 5.41) is 3.96. The van der Waals surface area contributed by atoms with Crippen molar-refractivity contribution in [3.8, 4) is 0 Å². The molecule has 2 aliphatic rings. The summed E-state index contributed by atoms with van der Waals surface area (Å²) >= 11 is 6.12. The summed E-state index contributed by atoms with van der Waals surface area (Å²) in [5.74, 6) is 0.238. The number of benzene rings is 2. The maximum absolute atomic E-state index is 12.9. The number of likely N-dealkylation sites (tertiary alicyclic amines) is 2. The number of amides is 1. The Hall–Kier alpha value is -1.88. The molecule has 0 saturated carbocycles. The fourth-order valence-corrected chi connectivity index (χ4v) is 5.07. The predicted molar refractivity (Wildman–Crippen MR) is 127 cm³/mol. The molecule has 4 rings (SSSR count). The number of hydrogen-bond acceptors (Lipinski definition) is 3. The van der Waals surface area contributed by atoms with Crippen LogP contribution in [0, 0.1) is 5.92 Å². The molecule has 5 heteroatoms. The second-order valence-electron chi connectivity index (χ2n) is 9.08. The minimum absolute atomic E-state index is 0.0597. The van der Waals surface area contributed by atoms with Crippen molar-refractivity contribution < 1.29 is 4.79 Å². The number of piperidine rings is 2. The minimum atomic E-state index is 0.0597. The van der Waals surface area contributed by atoms with Crippen LogP contribution in [0.25, 0.3) is 0 Å². The number of nitrogens with one attached hydrogen (secondary N) is 1. The van der Waals surface area contributed by atoms with Gasteiger partial charge in [-0.05, 0) is 74.1 Å². The number of nitrogens with zero attached hydrogens (tertiary/aromatic N) is 2. The first-order valence-electron chi connectivity index (χ1n) is 11.7. The monoisotopic (exact) mass is 439 g/mol. The molecule has 166 valence electrons. The van der Waals surface area contributed by atoms with Gasteiger partial charge in [0, 0.05) is 31.2 Å². The molecule has 0 aromatic heterocycles. The molecule has 0 aliphatic carbocycles. The highest BCUT2D eigenvalue weighted by atomic mass is 35.5. The lowest BCUT2D eigenvalue weighted by Gasteiger charge is -2.32. The standard InChI is InChI=1S/C26H34ClN3O/c27-25-11-5-9-23(16-25)19-30-14-6-10-24(20-30)26(31)28-17-21-7-4-8-22(15-21)18-29-12-2-1-3-13-29/h4-5,7-9,11,15-16,24H,1-3,6,10,12-14,17-20H2,(H,28,31). The highest BCUT2D eigenvalue weighted by Gasteiger charge is 2.25. The van der Waals surface area contributed by atoms with E-state index in [9.17, 15) is 4.79 Å². The van der Waals surface area contributed by atoms with E-state index in [4.69, 9.17) is 11.6 Å². The molecule has 0 spiro atoms. The summed E-state index contributed by atoms with van der Waals surface area (Å²) in [5.41, 5.74) is 3.74. The van der Waals surface area contributed by atoms with Crippen LogP contribution in [0.1, 0.15) is 48.8 Å². The fourth-order valence-electron chi connectivity index (χ4n) is 4.85. The van der Waals surface area contributed by atoms with Crippen molar-refractivity contribution >= 4 is 17.5 Å². The van der Waals surface area contributed by atoms with E-state index in [1.54, 1.807) is 0 Å². The number of halogens is 1. The second kappa shape index (κ2) is 11.1. The lowest BCUT2D eigenvalue weighted by molar-refractivity contribution is -0.126. The molecule has 4 nitrogen and oxygen atoms in total. The van der Waals surface area contributed by atoms with E-state index >= 15 is 0 Å². The van der Waals surface area contributed by atoms with E-state index in [1.165, 1.54) is 49.0 Å². The van der Waals surface area contributed by atoms with Crippen LogP contribution in [0.5, 0.6) is 0 Å². The Labute approximate surface area is 191 Å². The van der Waals surface area contributed by atoms with Gasteiger partial charge >= 0.3 is 0 Å². The number of hydrogen-bond donors (Lipinski definition) is 1. The van der Waals surface area contributed by atoms with Gasteiger partial charge in [-0.3, -0.25) is 14.6 Å². The molecule has 2 heterocycles. The molecule has 2 saturated heterocycles. The molecular formula is C26H34ClN3O. The first-order valence-corrected chi connectivity index (χ1v) is 12.1. The van der Waals surface area contributed by atoms with Crippen molar-refractivity contribution in [3.63, 3.8) is 0 Å². The van der Waals surface area contributed by atoms with Crippen molar-refractivity contribution in [3.05, 3.63) is 70.2 Å². The molecule has 1 amide bonds. The van der Waals surface area contributed by atoms with Crippen LogP contribution in [0.2, 0.25) is 5.02 Å². The highest BCUT2D eigenvalue weighted by Crippen LogP contribution is 2.20. The molecule has 2 aliphatic heterocycles. The number of rotatable bonds is 7. The van der Waals surface area contributed by atoms with Crippen LogP contribution < -0.4 is 5.32 Å². The van der Waals surface area contributed by atoms with E-state index in [-0.39, 0.29) is 11.8 Å². The van der Waals surface area contributed by atoms with E-state index in [0.29, 0.717) is 6.54 Å². The van der Waals surface area contributed by atoms with Gasteiger partial charge in [0.05, 0.1) is 5.92 Å². The fraction of sp³-hybridized carbons (Fsp3) is 0.500. The van der Waals surface area contributed by atoms with Crippen molar-refractivity contribution in [1.82, 2.24) is 15.1 Å². The second-order valence-corrected chi connectivity index (χ2v) is 9.52. The zero-order chi connectivity index (χ0) is 21.5. The third kappa shape index (κ3) is 6.80. The smallest absolute Gasteiger partial charge is 0.224 e. The molecule has 1 unspecified atom stereocenters. The van der Waals surface area contributed by atoms with Crippen molar-refractivity contribution in [2.45, 2.75) is 51.7 Å². The van der Waals surface area contributed by atoms with Gasteiger partial charge in [-0.1, -0.05) is 54.4 Å². The molecule has 2 aromatic carbocycles. The summed E-state index contributed by atoms with van der Waals surface area (Å²) < 4.78 is 0. The Kier molecular flexibility index (Phi) is 8.01. The van der Waals surface area contributed by atoms with Crippen LogP contribution in [-0.2, 0) is 24.4 Å². The van der Waals surface area contributed by atoms with Gasteiger partial charge in [-0.15, -0.1) is 0 Å². The summed E-state index contributed by atoms with van der Waals surface area (Å²) in [4.78, 5) is 17.8. The van der Waals surface area contributed by atoms with E-state index in [2.05, 4.69) is 45.4 Å². The number of carbonyl (C=O) groups is 1. The molecule has 0 radical (unpaired) electrons. The van der Waals surface area contributed by atoms with Gasteiger partial charge in [0.15, 0.2) is 0 Å². The molecule has 2 fully saturated rings. The minimum Gasteiger partial charge on any atom is -0.352 e. The Balaban J connectivity index is 1.26. The maximum Gasteiger partial charge on any atom is 0.224 e. The zero-order valence-corrected chi connectivity index (χ0v) is 19.1. The van der Waals surface area contributed by atoms with Gasteiger partial charge in [-0.25, -0.2) is 0 Å². The summed E-state index contributed by atoms with van der Waals surface area (Å²) in [6.45, 7) is 6.73. The normalized spacial score (nSPS) is 20.5. The maximum atomic E-state index is 12.9. The molecule has 31 heavy (non-hydrogen) atoms. The average molecular weight is 440 g/mol. The Morgan fingerprint density at radius 3 is 2.35 bits per heavy atom. The third-order valence-electron chi connectivity index (χ3n) is 6.48. The summed E-state index contributed by atoms with van der Waals surface area (Å²) in [6.07, 6.45) is 6.01. The van der Waals surface area contributed by atoms with Crippen molar-refractivity contribution in [1.29, 1.82) is 0 Å². The van der Waals surface area contributed by atoms with Gasteiger partial charge in [0.1, 0.15) is 0 Å². The highest BCUT2D eigenvalue weighted by molar-refractivity contribution is 6.30. The van der Waals surface area contributed by atoms with Gasteiger partial charge in [0.2, 0.25) is 5.91 Å². The molecule has 2 aromatic rings.